The Balaban J connectivity index is 2.68. The molecule has 0 bridgehead atoms. The van der Waals surface area contributed by atoms with Crippen LogP contribution >= 0.6 is 0 Å². The molecule has 76 valence electrons. The van der Waals surface area contributed by atoms with E-state index in [4.69, 9.17) is 5.73 Å². The van der Waals surface area contributed by atoms with Gasteiger partial charge >= 0.3 is 0 Å². The number of nitrogens with one attached hydrogen (secondary N) is 1. The molecule has 1 aromatic carbocycles. The van der Waals surface area contributed by atoms with Crippen molar-refractivity contribution in [3.8, 4) is 0 Å². The fourth-order valence-corrected chi connectivity index (χ4v) is 1.12. The summed E-state index contributed by atoms with van der Waals surface area (Å²) in [6, 6.07) is 7.63. The third-order valence-corrected chi connectivity index (χ3v) is 2.19. The summed E-state index contributed by atoms with van der Waals surface area (Å²) in [4.78, 5) is 10.8. The van der Waals surface area contributed by atoms with Gasteiger partial charge in [0, 0.05) is 17.3 Å². The minimum Gasteiger partial charge on any atom is -0.383 e. The molecular formula is C11H16N2O. The monoisotopic (exact) mass is 192 g/mol. The highest BCUT2D eigenvalue weighted by atomic mass is 16.1. The molecule has 0 aromatic heterocycles. The van der Waals surface area contributed by atoms with Crippen molar-refractivity contribution in [3.05, 3.63) is 29.8 Å². The normalized spacial score (nSPS) is 12.1. The Morgan fingerprint density at radius 1 is 1.43 bits per heavy atom. The fraction of sp³-hybridized carbons (Fsp3) is 0.364. The molecule has 0 heterocycles. The number of primary amides is 1. The summed E-state index contributed by atoms with van der Waals surface area (Å²) in [5, 5.41) is 3.31. The number of anilines is 1. The average molecular weight is 192 g/mol. The van der Waals surface area contributed by atoms with Crippen LogP contribution in [0.3, 0.4) is 0 Å². The van der Waals surface area contributed by atoms with Crippen LogP contribution in [0.5, 0.6) is 0 Å². The van der Waals surface area contributed by atoms with Crippen LogP contribution in [0.25, 0.3) is 0 Å². The van der Waals surface area contributed by atoms with E-state index in [0.29, 0.717) is 11.6 Å². The van der Waals surface area contributed by atoms with Gasteiger partial charge in [0.05, 0.1) is 0 Å². The predicted molar refractivity (Wildman–Crippen MR) is 58.3 cm³/mol. The Kier molecular flexibility index (Phi) is 3.51. The molecule has 0 radical (unpaired) electrons. The quantitative estimate of drug-likeness (QED) is 0.766. The van der Waals surface area contributed by atoms with Crippen molar-refractivity contribution in [3.63, 3.8) is 0 Å². The van der Waals surface area contributed by atoms with E-state index in [-0.39, 0.29) is 5.91 Å². The van der Waals surface area contributed by atoms with E-state index in [9.17, 15) is 4.79 Å². The summed E-state index contributed by atoms with van der Waals surface area (Å²) in [5.74, 6) is -0.389. The number of carbonyl (C=O) groups excluding carboxylic acids is 1. The van der Waals surface area contributed by atoms with Gasteiger partial charge in [0.25, 0.3) is 0 Å². The number of amides is 1. The number of hydrogen-bond acceptors (Lipinski definition) is 2. The van der Waals surface area contributed by atoms with Crippen molar-refractivity contribution in [2.45, 2.75) is 26.3 Å². The summed E-state index contributed by atoms with van der Waals surface area (Å²) >= 11 is 0. The topological polar surface area (TPSA) is 55.1 Å². The van der Waals surface area contributed by atoms with Crippen LogP contribution in [-0.2, 0) is 0 Å². The molecule has 0 saturated heterocycles. The minimum absolute atomic E-state index is 0.389. The SMILES string of the molecule is CC[C@@H](C)Nc1ccc(C(N)=O)cc1. The second-order valence-corrected chi connectivity index (χ2v) is 3.40. The highest BCUT2D eigenvalue weighted by Gasteiger charge is 2.01. The van der Waals surface area contributed by atoms with Crippen molar-refractivity contribution in [1.82, 2.24) is 0 Å². The molecule has 3 N–H and O–H groups in total. The number of nitrogens with two attached hydrogens (primary N) is 1. The van der Waals surface area contributed by atoms with Crippen LogP contribution in [0.1, 0.15) is 30.6 Å². The molecule has 14 heavy (non-hydrogen) atoms. The first-order valence-electron chi connectivity index (χ1n) is 4.80. The van der Waals surface area contributed by atoms with E-state index in [1.807, 2.05) is 12.1 Å². The maximum absolute atomic E-state index is 10.8. The van der Waals surface area contributed by atoms with Crippen LogP contribution in [0.15, 0.2) is 24.3 Å². The molecule has 0 aliphatic carbocycles. The minimum atomic E-state index is -0.389. The van der Waals surface area contributed by atoms with E-state index in [2.05, 4.69) is 19.2 Å². The van der Waals surface area contributed by atoms with Crippen LogP contribution in [0.2, 0.25) is 0 Å². The summed E-state index contributed by atoms with van der Waals surface area (Å²) < 4.78 is 0. The summed E-state index contributed by atoms with van der Waals surface area (Å²) in [6.45, 7) is 4.23. The second-order valence-electron chi connectivity index (χ2n) is 3.40. The number of carbonyl (C=O) groups is 1. The lowest BCUT2D eigenvalue weighted by atomic mass is 10.2. The number of rotatable bonds is 4. The number of benzene rings is 1. The summed E-state index contributed by atoms with van der Waals surface area (Å²) in [5.41, 5.74) is 6.69. The largest absolute Gasteiger partial charge is 0.383 e. The van der Waals surface area contributed by atoms with E-state index in [1.165, 1.54) is 0 Å². The van der Waals surface area contributed by atoms with Gasteiger partial charge in [-0.1, -0.05) is 6.92 Å². The van der Waals surface area contributed by atoms with Gasteiger partial charge in [-0.25, -0.2) is 0 Å². The first-order valence-corrected chi connectivity index (χ1v) is 4.80. The summed E-state index contributed by atoms with van der Waals surface area (Å²) in [7, 11) is 0. The van der Waals surface area contributed by atoms with Crippen molar-refractivity contribution >= 4 is 11.6 Å². The zero-order chi connectivity index (χ0) is 10.6. The Hall–Kier alpha value is -1.51. The zero-order valence-electron chi connectivity index (χ0n) is 8.58. The van der Waals surface area contributed by atoms with Gasteiger partial charge in [-0.2, -0.15) is 0 Å². The fourth-order valence-electron chi connectivity index (χ4n) is 1.12. The van der Waals surface area contributed by atoms with E-state index in [1.54, 1.807) is 12.1 Å². The van der Waals surface area contributed by atoms with E-state index in [0.717, 1.165) is 12.1 Å². The maximum Gasteiger partial charge on any atom is 0.248 e. The molecule has 0 spiro atoms. The highest BCUT2D eigenvalue weighted by molar-refractivity contribution is 5.93. The Morgan fingerprint density at radius 2 is 2.00 bits per heavy atom. The Labute approximate surface area is 84.3 Å². The lowest BCUT2D eigenvalue weighted by Crippen LogP contribution is -2.14. The van der Waals surface area contributed by atoms with Gasteiger partial charge in [-0.05, 0) is 37.6 Å². The predicted octanol–water partition coefficient (Wildman–Crippen LogP) is 2.00. The molecule has 1 amide bonds. The molecular weight excluding hydrogens is 176 g/mol. The molecule has 3 heteroatoms. The molecule has 1 rings (SSSR count). The van der Waals surface area contributed by atoms with Crippen LogP contribution in [0.4, 0.5) is 5.69 Å². The van der Waals surface area contributed by atoms with Gasteiger partial charge < -0.3 is 11.1 Å². The van der Waals surface area contributed by atoms with Crippen LogP contribution in [-0.4, -0.2) is 11.9 Å². The van der Waals surface area contributed by atoms with Gasteiger partial charge in [-0.3, -0.25) is 4.79 Å². The van der Waals surface area contributed by atoms with Crippen LogP contribution < -0.4 is 11.1 Å². The highest BCUT2D eigenvalue weighted by Crippen LogP contribution is 2.11. The molecule has 0 saturated carbocycles. The second kappa shape index (κ2) is 4.65. The first-order chi connectivity index (χ1) is 6.63. The van der Waals surface area contributed by atoms with E-state index < -0.39 is 0 Å². The lowest BCUT2D eigenvalue weighted by molar-refractivity contribution is 0.100. The van der Waals surface area contributed by atoms with Gasteiger partial charge in [0.1, 0.15) is 0 Å². The molecule has 0 unspecified atom stereocenters. The van der Waals surface area contributed by atoms with Crippen molar-refractivity contribution in [2.75, 3.05) is 5.32 Å². The molecule has 3 nitrogen and oxygen atoms in total. The lowest BCUT2D eigenvalue weighted by Gasteiger charge is -2.12. The molecule has 1 aromatic rings. The van der Waals surface area contributed by atoms with Crippen LogP contribution in [0, 0.1) is 0 Å². The Morgan fingerprint density at radius 3 is 2.43 bits per heavy atom. The number of hydrogen-bond donors (Lipinski definition) is 2. The molecule has 0 aliphatic rings. The van der Waals surface area contributed by atoms with Gasteiger partial charge in [-0.15, -0.1) is 0 Å². The smallest absolute Gasteiger partial charge is 0.248 e. The summed E-state index contributed by atoms with van der Waals surface area (Å²) in [6.07, 6.45) is 1.07. The molecule has 0 fully saturated rings. The van der Waals surface area contributed by atoms with E-state index >= 15 is 0 Å². The average Bonchev–Trinajstić information content (AvgIpc) is 2.18. The molecule has 0 aliphatic heterocycles. The maximum atomic E-state index is 10.8. The standard InChI is InChI=1S/C11H16N2O/c1-3-8(2)13-10-6-4-9(5-7-10)11(12)14/h4-8,13H,3H2,1-2H3,(H2,12,14)/t8-/m1/s1. The van der Waals surface area contributed by atoms with Crippen molar-refractivity contribution in [1.29, 1.82) is 0 Å². The third kappa shape index (κ3) is 2.76. The van der Waals surface area contributed by atoms with Gasteiger partial charge in [0.2, 0.25) is 5.91 Å². The van der Waals surface area contributed by atoms with Crippen molar-refractivity contribution < 1.29 is 4.79 Å². The van der Waals surface area contributed by atoms with Gasteiger partial charge in [0.15, 0.2) is 0 Å². The first kappa shape index (κ1) is 10.6. The Bertz CT molecular complexity index is 306. The van der Waals surface area contributed by atoms with Crippen molar-refractivity contribution in [2.24, 2.45) is 5.73 Å². The molecule has 1 atom stereocenters. The zero-order valence-corrected chi connectivity index (χ0v) is 8.58. The third-order valence-electron chi connectivity index (χ3n) is 2.19.